The topological polar surface area (TPSA) is 119 Å². The van der Waals surface area contributed by atoms with E-state index in [9.17, 15) is 8.42 Å². The zero-order valence-electron chi connectivity index (χ0n) is 18.6. The van der Waals surface area contributed by atoms with Crippen LogP contribution in [0.4, 0.5) is 11.4 Å². The van der Waals surface area contributed by atoms with Crippen molar-refractivity contribution in [2.75, 3.05) is 10.0 Å². The molecule has 3 N–H and O–H groups in total. The molecular formula is C26H22N6O2S. The molecule has 1 aromatic heterocycles. The molecule has 0 saturated carbocycles. The Kier molecular flexibility index (Phi) is 7.35. The van der Waals surface area contributed by atoms with E-state index in [0.29, 0.717) is 23.5 Å². The quantitative estimate of drug-likeness (QED) is 0.201. The molecule has 0 unspecified atom stereocenters. The van der Waals surface area contributed by atoms with Crippen LogP contribution in [0.5, 0.6) is 0 Å². The summed E-state index contributed by atoms with van der Waals surface area (Å²) < 4.78 is 29.0. The fraction of sp³-hybridized carbons (Fsp3) is 0.0385. The van der Waals surface area contributed by atoms with Gasteiger partial charge in [0.2, 0.25) is 12.2 Å². The van der Waals surface area contributed by atoms with Gasteiger partial charge in [-0.2, -0.15) is 5.26 Å². The number of rotatable bonds is 7. The van der Waals surface area contributed by atoms with Gasteiger partial charge in [-0.25, -0.2) is 8.42 Å². The van der Waals surface area contributed by atoms with Crippen LogP contribution < -0.4 is 15.4 Å². The fourth-order valence-electron chi connectivity index (χ4n) is 3.37. The van der Waals surface area contributed by atoms with Gasteiger partial charge in [0, 0.05) is 35.9 Å². The summed E-state index contributed by atoms with van der Waals surface area (Å²) in [5, 5.41) is 15.1. The Labute approximate surface area is 204 Å². The van der Waals surface area contributed by atoms with Crippen molar-refractivity contribution in [2.24, 2.45) is 4.99 Å². The summed E-state index contributed by atoms with van der Waals surface area (Å²) in [6.45, 7) is 0.453. The lowest BCUT2D eigenvalue weighted by atomic mass is 10.1. The largest absolute Gasteiger partial charge is 0.351 e. The van der Waals surface area contributed by atoms with Gasteiger partial charge >= 0.3 is 0 Å². The zero-order valence-corrected chi connectivity index (χ0v) is 19.4. The minimum atomic E-state index is -3.83. The van der Waals surface area contributed by atoms with E-state index in [4.69, 9.17) is 5.26 Å². The lowest BCUT2D eigenvalue weighted by Gasteiger charge is -2.14. The van der Waals surface area contributed by atoms with Crippen molar-refractivity contribution < 1.29 is 8.42 Å². The first-order valence-corrected chi connectivity index (χ1v) is 12.2. The molecule has 0 atom stereocenters. The van der Waals surface area contributed by atoms with Gasteiger partial charge in [0.1, 0.15) is 0 Å². The molecule has 0 bridgehead atoms. The molecular weight excluding hydrogens is 460 g/mol. The van der Waals surface area contributed by atoms with E-state index in [1.807, 2.05) is 48.5 Å². The second kappa shape index (κ2) is 11.0. The first kappa shape index (κ1) is 23.5. The number of sulfonamides is 1. The number of nitrogens with one attached hydrogen (secondary N) is 3. The third kappa shape index (κ3) is 6.22. The number of pyridine rings is 1. The molecule has 4 rings (SSSR count). The molecule has 0 aliphatic carbocycles. The van der Waals surface area contributed by atoms with E-state index in [0.717, 1.165) is 11.1 Å². The summed E-state index contributed by atoms with van der Waals surface area (Å²) in [5.74, 6) is 0.273. The van der Waals surface area contributed by atoms with E-state index < -0.39 is 10.0 Å². The van der Waals surface area contributed by atoms with Crippen molar-refractivity contribution in [3.63, 3.8) is 0 Å². The monoisotopic (exact) mass is 482 g/mol. The van der Waals surface area contributed by atoms with Crippen LogP contribution in [0.3, 0.4) is 0 Å². The van der Waals surface area contributed by atoms with Crippen LogP contribution in [0.1, 0.15) is 5.56 Å². The maximum atomic E-state index is 13.2. The highest BCUT2D eigenvalue weighted by Crippen LogP contribution is 2.28. The summed E-state index contributed by atoms with van der Waals surface area (Å²) in [4.78, 5) is 7.93. The third-order valence-electron chi connectivity index (χ3n) is 5.03. The summed E-state index contributed by atoms with van der Waals surface area (Å²) in [6, 6.07) is 26.6. The minimum Gasteiger partial charge on any atom is -0.351 e. The van der Waals surface area contributed by atoms with Gasteiger partial charge in [0.05, 0.1) is 4.90 Å². The molecule has 0 spiro atoms. The van der Waals surface area contributed by atoms with Crippen LogP contribution in [0.2, 0.25) is 0 Å². The zero-order chi connectivity index (χ0) is 24.5. The highest BCUT2D eigenvalue weighted by molar-refractivity contribution is 7.92. The van der Waals surface area contributed by atoms with Crippen molar-refractivity contribution >= 4 is 27.4 Å². The molecule has 4 aromatic rings. The van der Waals surface area contributed by atoms with Gasteiger partial charge in [-0.3, -0.25) is 9.71 Å². The number of benzene rings is 3. The Morgan fingerprint density at radius 3 is 2.23 bits per heavy atom. The molecule has 0 amide bonds. The van der Waals surface area contributed by atoms with Crippen LogP contribution >= 0.6 is 0 Å². The molecule has 0 fully saturated rings. The van der Waals surface area contributed by atoms with Gasteiger partial charge in [0.15, 0.2) is 0 Å². The van der Waals surface area contributed by atoms with Crippen molar-refractivity contribution in [3.8, 4) is 17.3 Å². The predicted octanol–water partition coefficient (Wildman–Crippen LogP) is 4.59. The minimum absolute atomic E-state index is 0.192. The van der Waals surface area contributed by atoms with Crippen molar-refractivity contribution in [1.29, 1.82) is 5.26 Å². The van der Waals surface area contributed by atoms with Gasteiger partial charge in [0.25, 0.3) is 10.0 Å². The maximum Gasteiger partial charge on any atom is 0.262 e. The number of nitriles is 1. The highest BCUT2D eigenvalue weighted by atomic mass is 32.2. The second-order valence-corrected chi connectivity index (χ2v) is 9.09. The Balaban J connectivity index is 1.46. The summed E-state index contributed by atoms with van der Waals surface area (Å²) in [7, 11) is -3.83. The average Bonchev–Trinajstić information content (AvgIpc) is 2.89. The molecule has 0 aliphatic heterocycles. The van der Waals surface area contributed by atoms with E-state index in [1.165, 1.54) is 0 Å². The lowest BCUT2D eigenvalue weighted by Crippen LogP contribution is -2.30. The Morgan fingerprint density at radius 2 is 1.51 bits per heavy atom. The van der Waals surface area contributed by atoms with Gasteiger partial charge in [-0.1, -0.05) is 48.5 Å². The second-order valence-electron chi connectivity index (χ2n) is 7.44. The standard InChI is InChI=1S/C26H22N6O2S/c27-19-30-26(29-18-20-14-16-28-17-15-20)31-22-10-12-23(13-11-22)32-35(33,34)25-9-5-4-8-24(25)21-6-2-1-3-7-21/h1-17,32H,18H2,(H2,29,30,31). The summed E-state index contributed by atoms with van der Waals surface area (Å²) in [6.07, 6.45) is 5.13. The third-order valence-corrected chi connectivity index (χ3v) is 6.47. The summed E-state index contributed by atoms with van der Waals surface area (Å²) >= 11 is 0. The van der Waals surface area contributed by atoms with Crippen LogP contribution in [0.15, 0.2) is 113 Å². The Bertz CT molecular complexity index is 1450. The number of nitrogens with zero attached hydrogens (tertiary/aromatic N) is 3. The summed E-state index contributed by atoms with van der Waals surface area (Å²) in [5.41, 5.74) is 3.46. The Hall–Kier alpha value is -4.68. The molecule has 9 heteroatoms. The Morgan fingerprint density at radius 1 is 0.857 bits per heavy atom. The van der Waals surface area contributed by atoms with Crippen molar-refractivity contribution in [2.45, 2.75) is 11.4 Å². The average molecular weight is 483 g/mol. The SMILES string of the molecule is N#C/N=C(\NCc1ccncc1)Nc1ccc(NS(=O)(=O)c2ccccc2-c2ccccc2)cc1. The van der Waals surface area contributed by atoms with E-state index in [1.54, 1.807) is 61.1 Å². The number of aromatic nitrogens is 1. The first-order valence-electron chi connectivity index (χ1n) is 10.7. The van der Waals surface area contributed by atoms with Gasteiger partial charge in [-0.15, -0.1) is 4.99 Å². The van der Waals surface area contributed by atoms with Crippen molar-refractivity contribution in [3.05, 3.63) is 109 Å². The van der Waals surface area contributed by atoms with Crippen LogP contribution in [0, 0.1) is 11.5 Å². The lowest BCUT2D eigenvalue weighted by molar-refractivity contribution is 0.601. The predicted molar refractivity (Wildman–Crippen MR) is 137 cm³/mol. The number of aliphatic imine (C=N–C) groups is 1. The fourth-order valence-corrected chi connectivity index (χ4v) is 4.66. The number of hydrogen-bond donors (Lipinski definition) is 3. The van der Waals surface area contributed by atoms with Crippen LogP contribution in [0.25, 0.3) is 11.1 Å². The molecule has 3 aromatic carbocycles. The number of anilines is 2. The van der Waals surface area contributed by atoms with Gasteiger partial charge in [-0.05, 0) is 53.6 Å². The first-order chi connectivity index (χ1) is 17.0. The molecule has 0 radical (unpaired) electrons. The van der Waals surface area contributed by atoms with E-state index in [2.05, 4.69) is 25.3 Å². The van der Waals surface area contributed by atoms with E-state index in [-0.39, 0.29) is 10.9 Å². The molecule has 35 heavy (non-hydrogen) atoms. The molecule has 174 valence electrons. The smallest absolute Gasteiger partial charge is 0.262 e. The van der Waals surface area contributed by atoms with Crippen LogP contribution in [-0.2, 0) is 16.6 Å². The van der Waals surface area contributed by atoms with Gasteiger partial charge < -0.3 is 10.6 Å². The molecule has 8 nitrogen and oxygen atoms in total. The number of hydrogen-bond acceptors (Lipinski definition) is 5. The highest BCUT2D eigenvalue weighted by Gasteiger charge is 2.19. The number of guanidine groups is 1. The molecule has 0 saturated heterocycles. The molecule has 1 heterocycles. The van der Waals surface area contributed by atoms with E-state index >= 15 is 0 Å². The van der Waals surface area contributed by atoms with Crippen LogP contribution in [-0.4, -0.2) is 19.4 Å². The normalized spacial score (nSPS) is 11.3. The van der Waals surface area contributed by atoms with Crippen molar-refractivity contribution in [1.82, 2.24) is 10.3 Å². The maximum absolute atomic E-state index is 13.2. The molecule has 0 aliphatic rings.